The lowest BCUT2D eigenvalue weighted by Crippen LogP contribution is -2.34. The van der Waals surface area contributed by atoms with Crippen LogP contribution in [-0.4, -0.2) is 29.0 Å². The monoisotopic (exact) mass is 182 g/mol. The second-order valence-corrected chi connectivity index (χ2v) is 3.16. The Kier molecular flexibility index (Phi) is 3.09. The van der Waals surface area contributed by atoms with Crippen LogP contribution in [0, 0.1) is 0 Å². The van der Waals surface area contributed by atoms with Crippen molar-refractivity contribution in [3.05, 3.63) is 0 Å². The predicted octanol–water partition coefficient (Wildman–Crippen LogP) is 0.289. The van der Waals surface area contributed by atoms with Gasteiger partial charge in [-0.1, -0.05) is 0 Å². The lowest BCUT2D eigenvalue weighted by molar-refractivity contribution is 0.00670. The van der Waals surface area contributed by atoms with Crippen LogP contribution >= 0.6 is 0 Å². The van der Waals surface area contributed by atoms with Crippen LogP contribution in [0.3, 0.4) is 0 Å². The first-order chi connectivity index (χ1) is 6.20. The molecule has 1 aliphatic carbocycles. The Hall–Kier alpha value is -1.28. The van der Waals surface area contributed by atoms with Crippen molar-refractivity contribution in [3.63, 3.8) is 0 Å². The molecule has 0 aromatic carbocycles. The van der Waals surface area contributed by atoms with Crippen LogP contribution in [0.15, 0.2) is 9.98 Å². The number of rotatable bonds is 2. The smallest absolute Gasteiger partial charge is 0.237 e. The van der Waals surface area contributed by atoms with Gasteiger partial charge in [0.25, 0.3) is 0 Å². The zero-order valence-electron chi connectivity index (χ0n) is 7.06. The van der Waals surface area contributed by atoms with Gasteiger partial charge in [-0.3, -0.25) is 0 Å². The fourth-order valence-electron chi connectivity index (χ4n) is 1.57. The molecule has 1 aliphatic rings. The van der Waals surface area contributed by atoms with Crippen molar-refractivity contribution in [2.45, 2.75) is 37.5 Å². The molecule has 70 valence electrons. The molecule has 0 spiro atoms. The number of hydrogen-bond donors (Lipinski definition) is 1. The Labute approximate surface area is 75.2 Å². The van der Waals surface area contributed by atoms with Crippen LogP contribution in [-0.2, 0) is 9.59 Å². The van der Waals surface area contributed by atoms with Gasteiger partial charge < -0.3 is 5.11 Å². The minimum atomic E-state index is -1.37. The first-order valence-corrected chi connectivity index (χ1v) is 4.08. The van der Waals surface area contributed by atoms with E-state index in [1.54, 1.807) is 0 Å². The van der Waals surface area contributed by atoms with Gasteiger partial charge in [0.2, 0.25) is 12.2 Å². The van der Waals surface area contributed by atoms with Crippen LogP contribution in [0.25, 0.3) is 0 Å². The fraction of sp³-hybridized carbons (Fsp3) is 0.750. The van der Waals surface area contributed by atoms with Crippen LogP contribution in [0.4, 0.5) is 0 Å². The molecule has 1 saturated carbocycles. The molecule has 1 rings (SSSR count). The van der Waals surface area contributed by atoms with Gasteiger partial charge in [0, 0.05) is 6.42 Å². The molecule has 0 saturated heterocycles. The first-order valence-electron chi connectivity index (χ1n) is 4.08. The quantitative estimate of drug-likeness (QED) is 0.492. The fourth-order valence-corrected chi connectivity index (χ4v) is 1.57. The van der Waals surface area contributed by atoms with E-state index in [1.807, 2.05) is 0 Å². The Bertz CT molecular complexity index is 279. The zero-order valence-corrected chi connectivity index (χ0v) is 7.06. The lowest BCUT2D eigenvalue weighted by atomic mass is 9.88. The van der Waals surface area contributed by atoms with Crippen molar-refractivity contribution in [2.75, 3.05) is 0 Å². The third kappa shape index (κ3) is 2.60. The molecule has 0 amide bonds. The molecule has 0 aromatic heterocycles. The summed E-state index contributed by atoms with van der Waals surface area (Å²) >= 11 is 0. The molecule has 0 bridgehead atoms. The summed E-state index contributed by atoms with van der Waals surface area (Å²) in [5.41, 5.74) is -1.37. The molecular formula is C8H10N2O3. The third-order valence-corrected chi connectivity index (χ3v) is 2.17. The first kappa shape index (κ1) is 9.81. The van der Waals surface area contributed by atoms with Crippen molar-refractivity contribution in [3.8, 4) is 0 Å². The number of isocyanates is 2. The number of aliphatic hydroxyl groups is 1. The Morgan fingerprint density at radius 3 is 2.77 bits per heavy atom. The number of nitrogens with zero attached hydrogens (tertiary/aromatic N) is 2. The molecule has 0 aromatic rings. The summed E-state index contributed by atoms with van der Waals surface area (Å²) < 4.78 is 0. The molecule has 1 N–H and O–H groups in total. The van der Waals surface area contributed by atoms with Crippen LogP contribution in [0.1, 0.15) is 25.7 Å². The zero-order chi connectivity index (χ0) is 9.73. The van der Waals surface area contributed by atoms with E-state index in [-0.39, 0.29) is 12.5 Å². The average molecular weight is 182 g/mol. The molecule has 5 heteroatoms. The number of aliphatic imine (C=N–C) groups is 2. The van der Waals surface area contributed by atoms with E-state index < -0.39 is 5.72 Å². The van der Waals surface area contributed by atoms with E-state index in [9.17, 15) is 14.7 Å². The lowest BCUT2D eigenvalue weighted by Gasteiger charge is -2.29. The number of carbonyl (C=O) groups excluding carboxylic acids is 2. The highest BCUT2D eigenvalue weighted by molar-refractivity contribution is 5.35. The summed E-state index contributed by atoms with van der Waals surface area (Å²) in [5.74, 6) is 0. The summed E-state index contributed by atoms with van der Waals surface area (Å²) in [7, 11) is 0. The van der Waals surface area contributed by atoms with Gasteiger partial charge in [-0.05, 0) is 19.3 Å². The van der Waals surface area contributed by atoms with Crippen molar-refractivity contribution in [1.82, 2.24) is 0 Å². The van der Waals surface area contributed by atoms with E-state index in [0.717, 1.165) is 6.42 Å². The Morgan fingerprint density at radius 2 is 2.15 bits per heavy atom. The minimum Gasteiger partial charge on any atom is -0.368 e. The minimum absolute atomic E-state index is 0.206. The third-order valence-electron chi connectivity index (χ3n) is 2.17. The highest BCUT2D eigenvalue weighted by atomic mass is 16.3. The van der Waals surface area contributed by atoms with E-state index in [0.29, 0.717) is 12.8 Å². The van der Waals surface area contributed by atoms with Gasteiger partial charge in [-0.15, -0.1) is 0 Å². The van der Waals surface area contributed by atoms with Crippen LogP contribution < -0.4 is 0 Å². The maximum Gasteiger partial charge on any atom is 0.237 e. The Morgan fingerprint density at radius 1 is 1.38 bits per heavy atom. The molecule has 0 heterocycles. The van der Waals surface area contributed by atoms with E-state index in [4.69, 9.17) is 0 Å². The highest BCUT2D eigenvalue weighted by Crippen LogP contribution is 2.30. The Balaban J connectivity index is 2.69. The predicted molar refractivity (Wildman–Crippen MR) is 43.4 cm³/mol. The summed E-state index contributed by atoms with van der Waals surface area (Å²) in [6.45, 7) is 0. The second kappa shape index (κ2) is 4.10. The summed E-state index contributed by atoms with van der Waals surface area (Å²) in [6.07, 6.45) is 4.82. The standard InChI is InChI=1S/C8H10N2O3/c11-5-9-7-2-1-3-8(13,4-7)10-6-12/h7,13H,1-4H2. The van der Waals surface area contributed by atoms with Gasteiger partial charge >= 0.3 is 0 Å². The normalized spacial score (nSPS) is 32.8. The maximum absolute atomic E-state index is 9.98. The average Bonchev–Trinajstić information content (AvgIpc) is 2.04. The summed E-state index contributed by atoms with van der Waals surface area (Å²) in [4.78, 5) is 26.8. The second-order valence-electron chi connectivity index (χ2n) is 3.16. The highest BCUT2D eigenvalue weighted by Gasteiger charge is 2.34. The SMILES string of the molecule is O=C=NC1CCCC(O)(N=C=O)C1. The van der Waals surface area contributed by atoms with E-state index in [2.05, 4.69) is 9.98 Å². The molecule has 5 nitrogen and oxygen atoms in total. The molecule has 0 aliphatic heterocycles. The van der Waals surface area contributed by atoms with Crippen LogP contribution in [0.2, 0.25) is 0 Å². The van der Waals surface area contributed by atoms with Crippen molar-refractivity contribution >= 4 is 12.2 Å². The van der Waals surface area contributed by atoms with Crippen molar-refractivity contribution < 1.29 is 14.7 Å². The summed E-state index contributed by atoms with van der Waals surface area (Å²) in [6, 6.07) is -0.270. The van der Waals surface area contributed by atoms with E-state index >= 15 is 0 Å². The van der Waals surface area contributed by atoms with Gasteiger partial charge in [0.15, 0.2) is 5.72 Å². The van der Waals surface area contributed by atoms with Gasteiger partial charge in [-0.2, -0.15) is 4.99 Å². The molecule has 0 radical (unpaired) electrons. The maximum atomic E-state index is 9.98. The van der Waals surface area contributed by atoms with E-state index in [1.165, 1.54) is 12.2 Å². The molecule has 13 heavy (non-hydrogen) atoms. The van der Waals surface area contributed by atoms with Gasteiger partial charge in [-0.25, -0.2) is 14.6 Å². The largest absolute Gasteiger partial charge is 0.368 e. The topological polar surface area (TPSA) is 79.1 Å². The molecular weight excluding hydrogens is 172 g/mol. The van der Waals surface area contributed by atoms with Crippen molar-refractivity contribution in [2.24, 2.45) is 9.98 Å². The molecule has 1 fully saturated rings. The summed E-state index contributed by atoms with van der Waals surface area (Å²) in [5, 5.41) is 9.65. The van der Waals surface area contributed by atoms with Gasteiger partial charge in [0.05, 0.1) is 6.04 Å². The van der Waals surface area contributed by atoms with Crippen LogP contribution in [0.5, 0.6) is 0 Å². The molecule has 2 unspecified atom stereocenters. The van der Waals surface area contributed by atoms with Gasteiger partial charge in [0.1, 0.15) is 0 Å². The number of hydrogen-bond acceptors (Lipinski definition) is 5. The molecule has 2 atom stereocenters. The van der Waals surface area contributed by atoms with Crippen molar-refractivity contribution in [1.29, 1.82) is 0 Å².